The molecule has 1 aromatic rings. The Bertz CT molecular complexity index is 349. The lowest BCUT2D eigenvalue weighted by Crippen LogP contribution is -2.41. The van der Waals surface area contributed by atoms with Crippen molar-refractivity contribution in [2.75, 3.05) is 7.05 Å². The average molecular weight is 213 g/mol. The van der Waals surface area contributed by atoms with Crippen molar-refractivity contribution in [1.29, 1.82) is 0 Å². The van der Waals surface area contributed by atoms with E-state index in [1.807, 2.05) is 15.7 Å². The summed E-state index contributed by atoms with van der Waals surface area (Å²) in [4.78, 5) is 0. The van der Waals surface area contributed by atoms with Crippen LogP contribution in [0.3, 0.4) is 0 Å². The fraction of sp³-hybridized carbons (Fsp3) is 0.333. The highest BCUT2D eigenvalue weighted by Gasteiger charge is 2.31. The lowest BCUT2D eigenvalue weighted by Gasteiger charge is -2.25. The average Bonchev–Trinajstić information content (AvgIpc) is 2.17. The maximum atomic E-state index is 12.4. The number of alkyl halides is 3. The van der Waals surface area contributed by atoms with Crippen LogP contribution in [0.15, 0.2) is 24.3 Å². The molecule has 0 radical (unpaired) electrons. The number of hydrogen-bond acceptors (Lipinski definition) is 1. The highest BCUT2D eigenvalue weighted by atomic mass is 19.4. The van der Waals surface area contributed by atoms with Gasteiger partial charge in [0.2, 0.25) is 0 Å². The molecular formula is C9H12B2F3N. The smallest absolute Gasteiger partial charge is 0.325 e. The molecule has 0 bridgehead atoms. The first-order chi connectivity index (χ1) is 6.77. The highest BCUT2D eigenvalue weighted by Crippen LogP contribution is 2.30. The van der Waals surface area contributed by atoms with Crippen molar-refractivity contribution < 1.29 is 13.2 Å². The molecule has 0 unspecified atom stereocenters. The Morgan fingerprint density at radius 3 is 2.13 bits per heavy atom. The van der Waals surface area contributed by atoms with Gasteiger partial charge in [-0.15, -0.1) is 0 Å². The van der Waals surface area contributed by atoms with E-state index < -0.39 is 17.1 Å². The highest BCUT2D eigenvalue weighted by molar-refractivity contribution is 6.39. The van der Waals surface area contributed by atoms with Gasteiger partial charge >= 0.3 is 6.18 Å². The third-order valence-electron chi connectivity index (χ3n) is 2.54. The summed E-state index contributed by atoms with van der Waals surface area (Å²) in [5.74, 6) is 0. The Hall–Kier alpha value is -0.900. The molecule has 6 heteroatoms. The molecule has 0 aliphatic rings. The van der Waals surface area contributed by atoms with Gasteiger partial charge in [-0.3, -0.25) is 0 Å². The van der Waals surface area contributed by atoms with Gasteiger partial charge in [-0.05, 0) is 24.0 Å². The SMILES string of the molecule is BC(B)(NC)c1cccc(C(F)(F)F)c1. The van der Waals surface area contributed by atoms with E-state index in [9.17, 15) is 13.2 Å². The van der Waals surface area contributed by atoms with E-state index in [2.05, 4.69) is 5.32 Å². The van der Waals surface area contributed by atoms with Crippen molar-refractivity contribution in [3.05, 3.63) is 35.4 Å². The monoisotopic (exact) mass is 213 g/mol. The van der Waals surface area contributed by atoms with Crippen LogP contribution in [0.4, 0.5) is 13.2 Å². The molecule has 0 saturated heterocycles. The summed E-state index contributed by atoms with van der Waals surface area (Å²) >= 11 is 0. The normalized spacial score (nSPS) is 12.8. The molecule has 1 rings (SSSR count). The van der Waals surface area contributed by atoms with Gasteiger partial charge in [0.05, 0.1) is 5.56 Å². The zero-order chi connectivity index (χ0) is 11.7. The Balaban J connectivity index is 3.14. The summed E-state index contributed by atoms with van der Waals surface area (Å²) in [7, 11) is 5.39. The van der Waals surface area contributed by atoms with Gasteiger partial charge in [0.15, 0.2) is 0 Å². The quantitative estimate of drug-likeness (QED) is 0.696. The van der Waals surface area contributed by atoms with Crippen molar-refractivity contribution in [3.8, 4) is 0 Å². The first-order valence-corrected chi connectivity index (χ1v) is 4.64. The maximum Gasteiger partial charge on any atom is 0.416 e. The maximum absolute atomic E-state index is 12.4. The predicted octanol–water partition coefficient (Wildman–Crippen LogP) is 0.301. The van der Waals surface area contributed by atoms with Gasteiger partial charge in [-0.25, -0.2) is 0 Å². The van der Waals surface area contributed by atoms with Gasteiger partial charge in [0.1, 0.15) is 15.7 Å². The van der Waals surface area contributed by atoms with Crippen LogP contribution in [0.1, 0.15) is 11.1 Å². The second kappa shape index (κ2) is 3.93. The van der Waals surface area contributed by atoms with Gasteiger partial charge in [0.25, 0.3) is 0 Å². The largest absolute Gasteiger partial charge is 0.416 e. The Labute approximate surface area is 88.9 Å². The second-order valence-electron chi connectivity index (χ2n) is 3.95. The summed E-state index contributed by atoms with van der Waals surface area (Å²) in [5, 5.41) is 2.51. The summed E-state index contributed by atoms with van der Waals surface area (Å²) in [6.07, 6.45) is -4.28. The Morgan fingerprint density at radius 2 is 1.67 bits per heavy atom. The van der Waals surface area contributed by atoms with Crippen LogP contribution in [0.25, 0.3) is 0 Å². The predicted molar refractivity (Wildman–Crippen MR) is 59.3 cm³/mol. The molecular weight excluding hydrogens is 201 g/mol. The molecule has 1 N–H and O–H groups in total. The zero-order valence-corrected chi connectivity index (χ0v) is 8.94. The number of benzene rings is 1. The van der Waals surface area contributed by atoms with Crippen molar-refractivity contribution in [3.63, 3.8) is 0 Å². The van der Waals surface area contributed by atoms with Crippen molar-refractivity contribution >= 4 is 15.7 Å². The lowest BCUT2D eigenvalue weighted by atomic mass is 9.58. The molecule has 0 aromatic heterocycles. The van der Waals surface area contributed by atoms with Crippen molar-refractivity contribution in [2.24, 2.45) is 0 Å². The lowest BCUT2D eigenvalue weighted by molar-refractivity contribution is -0.137. The summed E-state index contributed by atoms with van der Waals surface area (Å²) in [6, 6.07) is 5.37. The summed E-state index contributed by atoms with van der Waals surface area (Å²) in [5.41, 5.74) is 0.0168. The summed E-state index contributed by atoms with van der Waals surface area (Å²) in [6.45, 7) is 0. The third kappa shape index (κ3) is 2.78. The molecule has 0 aliphatic heterocycles. The minimum atomic E-state index is -4.28. The van der Waals surface area contributed by atoms with Crippen LogP contribution in [0, 0.1) is 0 Å². The number of halogens is 3. The number of hydrogen-bond donors (Lipinski definition) is 1. The standard InChI is InChI=1S/C9H12B2F3N/c1-15-8(10,11)6-3-2-4-7(5-6)9(12,13)14/h2-5,15H,10-11H2,1H3. The number of rotatable bonds is 2. The first-order valence-electron chi connectivity index (χ1n) is 4.64. The van der Waals surface area contributed by atoms with E-state index in [1.54, 1.807) is 13.1 Å². The molecule has 15 heavy (non-hydrogen) atoms. The van der Waals surface area contributed by atoms with Crippen LogP contribution in [-0.4, -0.2) is 22.7 Å². The Kier molecular flexibility index (Phi) is 3.19. The van der Waals surface area contributed by atoms with Crippen LogP contribution in [0.2, 0.25) is 0 Å². The molecule has 1 aromatic carbocycles. The molecule has 0 aliphatic carbocycles. The van der Waals surface area contributed by atoms with Crippen LogP contribution in [0.5, 0.6) is 0 Å². The van der Waals surface area contributed by atoms with Crippen molar-refractivity contribution in [2.45, 2.75) is 11.5 Å². The van der Waals surface area contributed by atoms with E-state index in [4.69, 9.17) is 0 Å². The number of nitrogens with one attached hydrogen (secondary N) is 1. The molecule has 80 valence electrons. The van der Waals surface area contributed by atoms with E-state index in [0.717, 1.165) is 6.07 Å². The second-order valence-corrected chi connectivity index (χ2v) is 3.95. The van der Waals surface area contributed by atoms with E-state index in [-0.39, 0.29) is 0 Å². The molecule has 0 amide bonds. The van der Waals surface area contributed by atoms with E-state index >= 15 is 0 Å². The van der Waals surface area contributed by atoms with Gasteiger partial charge in [-0.2, -0.15) is 13.2 Å². The first kappa shape index (κ1) is 12.2. The van der Waals surface area contributed by atoms with Gasteiger partial charge in [0, 0.05) is 0 Å². The molecule has 0 atom stereocenters. The third-order valence-corrected chi connectivity index (χ3v) is 2.54. The molecule has 1 nitrogen and oxygen atoms in total. The minimum Gasteiger partial charge on any atom is -0.325 e. The fourth-order valence-electron chi connectivity index (χ4n) is 1.23. The van der Waals surface area contributed by atoms with Crippen LogP contribution in [-0.2, 0) is 11.5 Å². The topological polar surface area (TPSA) is 12.0 Å². The minimum absolute atomic E-state index is 0.457. The van der Waals surface area contributed by atoms with Crippen LogP contribution >= 0.6 is 0 Å². The van der Waals surface area contributed by atoms with E-state index in [0.29, 0.717) is 5.56 Å². The molecule has 0 spiro atoms. The van der Waals surface area contributed by atoms with Crippen molar-refractivity contribution in [1.82, 2.24) is 5.32 Å². The fourth-order valence-corrected chi connectivity index (χ4v) is 1.23. The van der Waals surface area contributed by atoms with Crippen LogP contribution < -0.4 is 5.32 Å². The zero-order valence-electron chi connectivity index (χ0n) is 8.94. The van der Waals surface area contributed by atoms with E-state index in [1.165, 1.54) is 12.1 Å². The summed E-state index contributed by atoms with van der Waals surface area (Å²) < 4.78 is 37.3. The van der Waals surface area contributed by atoms with Gasteiger partial charge in [-0.1, -0.05) is 18.2 Å². The molecule has 0 saturated carbocycles. The molecule has 0 heterocycles. The van der Waals surface area contributed by atoms with Gasteiger partial charge < -0.3 is 5.32 Å². The Morgan fingerprint density at radius 1 is 1.13 bits per heavy atom. The molecule has 0 fully saturated rings.